The number of anilines is 3. The molecule has 9 nitrogen and oxygen atoms in total. The fourth-order valence-corrected chi connectivity index (χ4v) is 3.71. The first-order valence-electron chi connectivity index (χ1n) is 11.9. The number of aryl methyl sites for hydroxylation is 1. The molecule has 0 saturated carbocycles. The van der Waals surface area contributed by atoms with Crippen LogP contribution in [-0.4, -0.2) is 45.6 Å². The summed E-state index contributed by atoms with van der Waals surface area (Å²) in [6.45, 7) is 9.85. The van der Waals surface area contributed by atoms with Gasteiger partial charge in [0.15, 0.2) is 17.5 Å². The van der Waals surface area contributed by atoms with E-state index in [1.807, 2.05) is 65.9 Å². The molecule has 0 saturated heterocycles. The third-order valence-corrected chi connectivity index (χ3v) is 5.52. The minimum atomic E-state index is -0.675. The van der Waals surface area contributed by atoms with Crippen molar-refractivity contribution in [3.8, 4) is 6.07 Å². The van der Waals surface area contributed by atoms with Crippen molar-refractivity contribution < 1.29 is 18.7 Å². The van der Waals surface area contributed by atoms with Crippen LogP contribution in [0.5, 0.6) is 0 Å². The highest BCUT2D eigenvalue weighted by Gasteiger charge is 2.26. The molecule has 0 unspecified atom stereocenters. The number of halogens is 1. The molecule has 3 rings (SSSR count). The fraction of sp³-hybridized carbons (Fsp3) is 0.462. The highest BCUT2D eigenvalue weighted by atomic mass is 19.1. The van der Waals surface area contributed by atoms with Gasteiger partial charge in [0.1, 0.15) is 11.7 Å². The first-order chi connectivity index (χ1) is 17.0. The van der Waals surface area contributed by atoms with Gasteiger partial charge in [0.05, 0.1) is 36.3 Å². The quantitative estimate of drug-likeness (QED) is 0.381. The molecule has 0 radical (unpaired) electrons. The van der Waals surface area contributed by atoms with E-state index in [1.54, 1.807) is 10.9 Å². The van der Waals surface area contributed by atoms with Crippen molar-refractivity contribution in [1.82, 2.24) is 14.8 Å². The molecular weight excluding hydrogens is 463 g/mol. The molecular formula is C26H33FN6O3. The van der Waals surface area contributed by atoms with E-state index in [0.29, 0.717) is 12.3 Å². The topological polar surface area (TPSA) is 114 Å². The molecule has 2 aromatic heterocycles. The summed E-state index contributed by atoms with van der Waals surface area (Å²) in [5, 5.41) is 20.9. The zero-order valence-electron chi connectivity index (χ0n) is 21.6. The lowest BCUT2D eigenvalue weighted by atomic mass is 9.98. The number of ether oxygens (including phenoxy) is 2. The van der Waals surface area contributed by atoms with Gasteiger partial charge in [-0.05, 0) is 57.9 Å². The van der Waals surface area contributed by atoms with Crippen LogP contribution in [0.4, 0.5) is 21.7 Å². The van der Waals surface area contributed by atoms with E-state index >= 15 is 0 Å². The fourth-order valence-electron chi connectivity index (χ4n) is 3.71. The number of carbonyl (C=O) groups is 1. The summed E-state index contributed by atoms with van der Waals surface area (Å²) in [6.07, 6.45) is 1.86. The summed E-state index contributed by atoms with van der Waals surface area (Å²) in [4.78, 5) is 16.7. The van der Waals surface area contributed by atoms with Gasteiger partial charge in [-0.1, -0.05) is 6.92 Å². The Morgan fingerprint density at radius 3 is 2.69 bits per heavy atom. The molecule has 0 amide bonds. The molecule has 0 aliphatic carbocycles. The molecule has 1 aromatic carbocycles. The number of pyridine rings is 1. The lowest BCUT2D eigenvalue weighted by Crippen LogP contribution is -2.35. The van der Waals surface area contributed by atoms with Gasteiger partial charge in [-0.15, -0.1) is 0 Å². The number of nitrogens with zero attached hydrogens (tertiary/aromatic N) is 4. The van der Waals surface area contributed by atoms with Gasteiger partial charge < -0.3 is 20.1 Å². The first kappa shape index (κ1) is 26.9. The van der Waals surface area contributed by atoms with Crippen LogP contribution in [0.25, 0.3) is 10.9 Å². The maximum absolute atomic E-state index is 15.0. The minimum Gasteiger partial charge on any atom is -0.460 e. The predicted octanol–water partition coefficient (Wildman–Crippen LogP) is 4.91. The van der Waals surface area contributed by atoms with Gasteiger partial charge in [0, 0.05) is 24.7 Å². The number of hydrogen-bond donors (Lipinski definition) is 2. The average Bonchev–Trinajstić information content (AvgIpc) is 3.16. The number of hydrogen-bond acceptors (Lipinski definition) is 8. The summed E-state index contributed by atoms with van der Waals surface area (Å²) in [6, 6.07) is 8.31. The van der Waals surface area contributed by atoms with Gasteiger partial charge in [-0.3, -0.25) is 9.48 Å². The van der Waals surface area contributed by atoms with Gasteiger partial charge in [-0.2, -0.15) is 10.4 Å². The van der Waals surface area contributed by atoms with Crippen molar-refractivity contribution in [1.29, 1.82) is 5.26 Å². The molecule has 3 aromatic rings. The maximum Gasteiger partial charge on any atom is 0.306 e. The van der Waals surface area contributed by atoms with Crippen molar-refractivity contribution in [2.24, 2.45) is 13.0 Å². The van der Waals surface area contributed by atoms with E-state index in [1.165, 1.54) is 0 Å². The Hall–Kier alpha value is -3.71. The third-order valence-electron chi connectivity index (χ3n) is 5.52. The number of aromatic nitrogens is 3. The molecule has 0 aliphatic rings. The molecule has 192 valence electrons. The summed E-state index contributed by atoms with van der Waals surface area (Å²) < 4.78 is 27.7. The van der Waals surface area contributed by atoms with Crippen LogP contribution in [0.2, 0.25) is 0 Å². The monoisotopic (exact) mass is 496 g/mol. The summed E-state index contributed by atoms with van der Waals surface area (Å²) in [5.74, 6) is -1.10. The second-order valence-corrected chi connectivity index (χ2v) is 9.67. The summed E-state index contributed by atoms with van der Waals surface area (Å²) >= 11 is 0. The highest BCUT2D eigenvalue weighted by molar-refractivity contribution is 5.83. The number of carbonyl (C=O) groups excluding carboxylic acids is 1. The van der Waals surface area contributed by atoms with Crippen molar-refractivity contribution in [3.63, 3.8) is 0 Å². The number of fused-ring (bicyclic) bond motifs is 1. The second kappa shape index (κ2) is 11.4. The SMILES string of the molecule is CCOC[C@@H](Nc1nc(Nc2ccc3c(cnn3C)c2)c(C#N)cc1F)[C@H](C)CC(=O)OC(C)(C)C. The van der Waals surface area contributed by atoms with Crippen molar-refractivity contribution in [3.05, 3.63) is 41.8 Å². The first-order valence-corrected chi connectivity index (χ1v) is 11.9. The van der Waals surface area contributed by atoms with E-state index in [2.05, 4.69) is 20.7 Å². The van der Waals surface area contributed by atoms with E-state index in [0.717, 1.165) is 17.0 Å². The Morgan fingerprint density at radius 1 is 1.28 bits per heavy atom. The molecule has 2 N–H and O–H groups in total. The van der Waals surface area contributed by atoms with E-state index in [9.17, 15) is 14.4 Å². The maximum atomic E-state index is 15.0. The van der Waals surface area contributed by atoms with Crippen LogP contribution in [0, 0.1) is 23.1 Å². The largest absolute Gasteiger partial charge is 0.460 e. The molecule has 36 heavy (non-hydrogen) atoms. The highest BCUT2D eigenvalue weighted by Crippen LogP contribution is 2.27. The lowest BCUT2D eigenvalue weighted by molar-refractivity contribution is -0.156. The van der Waals surface area contributed by atoms with Crippen LogP contribution in [-0.2, 0) is 21.3 Å². The number of nitriles is 1. The second-order valence-electron chi connectivity index (χ2n) is 9.67. The van der Waals surface area contributed by atoms with Gasteiger partial charge in [0.2, 0.25) is 0 Å². The van der Waals surface area contributed by atoms with E-state index in [4.69, 9.17) is 9.47 Å². The summed E-state index contributed by atoms with van der Waals surface area (Å²) in [7, 11) is 1.85. The molecule has 0 fully saturated rings. The number of rotatable bonds is 10. The van der Waals surface area contributed by atoms with Crippen LogP contribution in [0.15, 0.2) is 30.5 Å². The smallest absolute Gasteiger partial charge is 0.306 e. The predicted molar refractivity (Wildman–Crippen MR) is 136 cm³/mol. The Labute approximate surface area is 210 Å². The Morgan fingerprint density at radius 2 is 2.03 bits per heavy atom. The van der Waals surface area contributed by atoms with E-state index in [-0.39, 0.29) is 42.1 Å². The minimum absolute atomic E-state index is 0.0419. The van der Waals surface area contributed by atoms with Crippen molar-refractivity contribution >= 4 is 34.2 Å². The molecule has 0 bridgehead atoms. The normalized spacial score (nSPS) is 13.2. The Balaban J connectivity index is 1.84. The van der Waals surface area contributed by atoms with Crippen LogP contribution in [0.1, 0.15) is 46.6 Å². The number of nitrogens with one attached hydrogen (secondary N) is 2. The number of esters is 1. The van der Waals surface area contributed by atoms with Crippen molar-refractivity contribution in [2.45, 2.75) is 52.7 Å². The molecule has 0 spiro atoms. The van der Waals surface area contributed by atoms with Gasteiger partial charge in [0.25, 0.3) is 0 Å². The summed E-state index contributed by atoms with van der Waals surface area (Å²) in [5.41, 5.74) is 1.10. The molecule has 2 atom stereocenters. The third kappa shape index (κ3) is 6.92. The van der Waals surface area contributed by atoms with Gasteiger partial charge in [-0.25, -0.2) is 9.37 Å². The van der Waals surface area contributed by atoms with Crippen LogP contribution >= 0.6 is 0 Å². The lowest BCUT2D eigenvalue weighted by Gasteiger charge is -2.27. The van der Waals surface area contributed by atoms with Crippen LogP contribution < -0.4 is 10.6 Å². The standard InChI is InChI=1S/C26H33FN6O3/c1-7-35-15-21(16(2)10-23(34)36-26(3,4)5)31-25-20(27)12-17(13-28)24(32-25)30-19-8-9-22-18(11-19)14-29-33(22)6/h8-9,11-12,14,16,21H,7,10,15H2,1-6H3,(H2,30,31,32)/t16-,21-/m1/s1. The molecule has 10 heteroatoms. The van der Waals surface area contributed by atoms with Crippen LogP contribution in [0.3, 0.4) is 0 Å². The zero-order valence-corrected chi connectivity index (χ0v) is 21.6. The van der Waals surface area contributed by atoms with E-state index < -0.39 is 17.5 Å². The number of benzene rings is 1. The molecule has 2 heterocycles. The Bertz CT molecular complexity index is 1260. The zero-order chi connectivity index (χ0) is 26.5. The molecule has 0 aliphatic heterocycles. The van der Waals surface area contributed by atoms with Gasteiger partial charge >= 0.3 is 5.97 Å². The van der Waals surface area contributed by atoms with Crippen molar-refractivity contribution in [2.75, 3.05) is 23.8 Å². The average molecular weight is 497 g/mol. The Kier molecular flexibility index (Phi) is 8.48.